The Kier molecular flexibility index (Phi) is 13.0. The molecular weight excluding hydrogens is 181 g/mol. The summed E-state index contributed by atoms with van der Waals surface area (Å²) >= 11 is 0. The van der Waals surface area contributed by atoms with E-state index in [0.717, 1.165) is 0 Å². The van der Waals surface area contributed by atoms with E-state index in [0.29, 0.717) is 0 Å². The Balaban J connectivity index is -0.000000245. The summed E-state index contributed by atoms with van der Waals surface area (Å²) in [7, 11) is 0. The minimum atomic E-state index is -0.793. The Morgan fingerprint density at radius 1 is 1.20 bits per heavy atom. The zero-order valence-electron chi connectivity index (χ0n) is 4.90. The fourth-order valence-corrected chi connectivity index (χ4v) is 0.120. The van der Waals surface area contributed by atoms with Crippen molar-refractivity contribution in [3.05, 3.63) is 0 Å². The standard InChI is InChI=1S/C2H7N5O.2ClH/c3-1(4)6-7-2(5)8;;/h(H4,3,4,6)(H3,5,7,8);2*1H. The Hall–Kier alpha value is -0.880. The Morgan fingerprint density at radius 2 is 1.60 bits per heavy atom. The summed E-state index contributed by atoms with van der Waals surface area (Å²) in [5.41, 5.74) is 16.0. The molecule has 10 heavy (non-hydrogen) atoms. The largest absolute Gasteiger partial charge is 0.369 e. The van der Waals surface area contributed by atoms with Crippen LogP contribution in [0, 0.1) is 0 Å². The summed E-state index contributed by atoms with van der Waals surface area (Å²) in [4.78, 5) is 9.80. The quantitative estimate of drug-likeness (QED) is 0.233. The molecule has 0 radical (unpaired) electrons. The molecular formula is C2H9Cl2N5O. The maximum Gasteiger partial charge on any atom is 0.332 e. The number of carbonyl (C=O) groups excluding carboxylic acids is 1. The van der Waals surface area contributed by atoms with Gasteiger partial charge in [0.1, 0.15) is 0 Å². The average Bonchev–Trinajstić information content (AvgIpc) is 1.61. The van der Waals surface area contributed by atoms with Crippen molar-refractivity contribution in [1.82, 2.24) is 5.43 Å². The SMILES string of the molecule is Cl.Cl.NC(=O)NN=C(N)N. The molecule has 0 spiro atoms. The number of hydrazone groups is 1. The first kappa shape index (κ1) is 16.1. The first-order chi connectivity index (χ1) is 3.63. The normalized spacial score (nSPS) is 6.00. The zero-order valence-corrected chi connectivity index (χ0v) is 6.54. The molecule has 0 bridgehead atoms. The van der Waals surface area contributed by atoms with Crippen LogP contribution >= 0.6 is 24.8 Å². The average molecular weight is 190 g/mol. The number of nitrogens with zero attached hydrogens (tertiary/aromatic N) is 1. The first-order valence-electron chi connectivity index (χ1n) is 1.77. The molecule has 0 fully saturated rings. The van der Waals surface area contributed by atoms with Gasteiger partial charge in [0.15, 0.2) is 0 Å². The monoisotopic (exact) mass is 189 g/mol. The molecule has 0 atom stereocenters. The molecule has 0 unspecified atom stereocenters. The number of halogens is 2. The van der Waals surface area contributed by atoms with E-state index in [2.05, 4.69) is 10.8 Å². The second-order valence-electron chi connectivity index (χ2n) is 1.01. The number of guanidine groups is 1. The molecule has 7 N–H and O–H groups in total. The number of urea groups is 1. The number of hydrogen-bond acceptors (Lipinski definition) is 2. The highest BCUT2D eigenvalue weighted by Crippen LogP contribution is 1.53. The molecule has 2 amide bonds. The third-order valence-corrected chi connectivity index (χ3v) is 0.295. The van der Waals surface area contributed by atoms with Crippen molar-refractivity contribution < 1.29 is 4.79 Å². The number of hydrogen-bond donors (Lipinski definition) is 4. The van der Waals surface area contributed by atoms with E-state index < -0.39 is 6.03 Å². The third kappa shape index (κ3) is 15.7. The summed E-state index contributed by atoms with van der Waals surface area (Å²) in [6.07, 6.45) is 0. The Morgan fingerprint density at radius 3 is 1.70 bits per heavy atom. The van der Waals surface area contributed by atoms with Crippen molar-refractivity contribution in [2.75, 3.05) is 0 Å². The minimum absolute atomic E-state index is 0. The summed E-state index contributed by atoms with van der Waals surface area (Å²) < 4.78 is 0. The van der Waals surface area contributed by atoms with Crippen LogP contribution in [0.4, 0.5) is 4.79 Å². The topological polar surface area (TPSA) is 120 Å². The molecule has 0 saturated carbocycles. The number of amides is 2. The van der Waals surface area contributed by atoms with Crippen LogP contribution in [0.1, 0.15) is 0 Å². The number of carbonyl (C=O) groups is 1. The van der Waals surface area contributed by atoms with Gasteiger partial charge in [-0.3, -0.25) is 0 Å². The van der Waals surface area contributed by atoms with Crippen molar-refractivity contribution >= 4 is 36.8 Å². The van der Waals surface area contributed by atoms with Crippen molar-refractivity contribution in [2.45, 2.75) is 0 Å². The van der Waals surface area contributed by atoms with Crippen LogP contribution < -0.4 is 22.6 Å². The number of primary amides is 1. The molecule has 0 rings (SSSR count). The van der Waals surface area contributed by atoms with Crippen LogP contribution in [0.25, 0.3) is 0 Å². The molecule has 0 aliphatic carbocycles. The van der Waals surface area contributed by atoms with E-state index in [4.69, 9.17) is 11.5 Å². The first-order valence-corrected chi connectivity index (χ1v) is 1.77. The van der Waals surface area contributed by atoms with Gasteiger partial charge in [-0.25, -0.2) is 10.2 Å². The highest BCUT2D eigenvalue weighted by molar-refractivity contribution is 5.85. The lowest BCUT2D eigenvalue weighted by atomic mass is 11.1. The van der Waals surface area contributed by atoms with E-state index >= 15 is 0 Å². The Labute approximate surface area is 70.0 Å². The molecule has 0 heterocycles. The van der Waals surface area contributed by atoms with E-state index in [-0.39, 0.29) is 30.8 Å². The van der Waals surface area contributed by atoms with E-state index in [1.54, 1.807) is 0 Å². The molecule has 0 aliphatic heterocycles. The lowest BCUT2D eigenvalue weighted by Crippen LogP contribution is -2.31. The third-order valence-electron chi connectivity index (χ3n) is 0.295. The second kappa shape index (κ2) is 8.12. The molecule has 6 nitrogen and oxygen atoms in total. The fraction of sp³-hybridized carbons (Fsp3) is 0. The van der Waals surface area contributed by atoms with Gasteiger partial charge >= 0.3 is 6.03 Å². The number of rotatable bonds is 1. The van der Waals surface area contributed by atoms with Crippen LogP contribution in [0.2, 0.25) is 0 Å². The predicted octanol–water partition coefficient (Wildman–Crippen LogP) is -1.31. The maximum absolute atomic E-state index is 9.80. The van der Waals surface area contributed by atoms with Gasteiger partial charge in [-0.1, -0.05) is 0 Å². The molecule has 0 saturated heterocycles. The predicted molar refractivity (Wildman–Crippen MR) is 43.0 cm³/mol. The van der Waals surface area contributed by atoms with Crippen LogP contribution in [0.3, 0.4) is 0 Å². The van der Waals surface area contributed by atoms with Crippen LogP contribution in [0.5, 0.6) is 0 Å². The molecule has 0 aliphatic rings. The molecule has 0 aromatic rings. The maximum atomic E-state index is 9.80. The fourth-order valence-electron chi connectivity index (χ4n) is 0.120. The van der Waals surface area contributed by atoms with Gasteiger partial charge in [0.2, 0.25) is 5.96 Å². The lowest BCUT2D eigenvalue weighted by Gasteiger charge is -1.89. The van der Waals surface area contributed by atoms with Crippen LogP contribution in [-0.4, -0.2) is 12.0 Å². The molecule has 0 aromatic carbocycles. The minimum Gasteiger partial charge on any atom is -0.369 e. The van der Waals surface area contributed by atoms with Gasteiger partial charge < -0.3 is 17.2 Å². The summed E-state index contributed by atoms with van der Waals surface area (Å²) in [6, 6.07) is -0.793. The molecule has 62 valence electrons. The Bertz CT molecular complexity index is 121. The second-order valence-corrected chi connectivity index (χ2v) is 1.01. The number of nitrogens with two attached hydrogens (primary N) is 3. The summed E-state index contributed by atoms with van der Waals surface area (Å²) in [5, 5.41) is 3.07. The zero-order chi connectivity index (χ0) is 6.57. The van der Waals surface area contributed by atoms with Gasteiger partial charge in [0, 0.05) is 0 Å². The van der Waals surface area contributed by atoms with Crippen molar-refractivity contribution in [3.63, 3.8) is 0 Å². The van der Waals surface area contributed by atoms with Gasteiger partial charge in [-0.15, -0.1) is 29.9 Å². The van der Waals surface area contributed by atoms with E-state index in [1.807, 2.05) is 5.43 Å². The highest BCUT2D eigenvalue weighted by atomic mass is 35.5. The van der Waals surface area contributed by atoms with Crippen molar-refractivity contribution in [1.29, 1.82) is 0 Å². The molecule has 8 heteroatoms. The van der Waals surface area contributed by atoms with E-state index in [1.165, 1.54) is 0 Å². The van der Waals surface area contributed by atoms with E-state index in [9.17, 15) is 4.79 Å². The van der Waals surface area contributed by atoms with Crippen molar-refractivity contribution in [3.8, 4) is 0 Å². The molecule has 0 aromatic heterocycles. The van der Waals surface area contributed by atoms with Gasteiger partial charge in [0.25, 0.3) is 0 Å². The number of nitrogens with one attached hydrogen (secondary N) is 1. The van der Waals surface area contributed by atoms with Gasteiger partial charge in [-0.05, 0) is 0 Å². The van der Waals surface area contributed by atoms with Crippen LogP contribution in [-0.2, 0) is 0 Å². The summed E-state index contributed by atoms with van der Waals surface area (Å²) in [6.45, 7) is 0. The van der Waals surface area contributed by atoms with Gasteiger partial charge in [0.05, 0.1) is 0 Å². The highest BCUT2D eigenvalue weighted by Gasteiger charge is 1.83. The summed E-state index contributed by atoms with van der Waals surface area (Å²) in [5.74, 6) is -0.233. The van der Waals surface area contributed by atoms with Crippen molar-refractivity contribution in [2.24, 2.45) is 22.3 Å². The lowest BCUT2D eigenvalue weighted by molar-refractivity contribution is 0.249. The van der Waals surface area contributed by atoms with Gasteiger partial charge in [-0.2, -0.15) is 0 Å². The smallest absolute Gasteiger partial charge is 0.332 e. The van der Waals surface area contributed by atoms with Crippen LogP contribution in [0.15, 0.2) is 5.10 Å².